The molecule has 1 aromatic rings. The third-order valence-corrected chi connectivity index (χ3v) is 2.63. The zero-order valence-electron chi connectivity index (χ0n) is 8.90. The van der Waals surface area contributed by atoms with Gasteiger partial charge in [0.05, 0.1) is 6.10 Å². The summed E-state index contributed by atoms with van der Waals surface area (Å²) in [6.07, 6.45) is 6.07. The van der Waals surface area contributed by atoms with E-state index in [0.29, 0.717) is 12.0 Å². The first-order chi connectivity index (χ1) is 7.25. The Morgan fingerprint density at radius 3 is 3.13 bits per heavy atom. The molecule has 2 heterocycles. The molecule has 0 saturated carbocycles. The predicted molar refractivity (Wildman–Crippen MR) is 56.9 cm³/mol. The zero-order chi connectivity index (χ0) is 10.7. The van der Waals surface area contributed by atoms with Gasteiger partial charge in [0.1, 0.15) is 0 Å². The van der Waals surface area contributed by atoms with E-state index in [1.807, 2.05) is 13.0 Å². The lowest BCUT2D eigenvalue weighted by Crippen LogP contribution is -2.12. The van der Waals surface area contributed by atoms with E-state index in [1.54, 1.807) is 12.4 Å². The van der Waals surface area contributed by atoms with Crippen LogP contribution in [0, 0.1) is 6.92 Å². The molecule has 0 bridgehead atoms. The summed E-state index contributed by atoms with van der Waals surface area (Å²) in [4.78, 5) is 15.9. The fraction of sp³-hybridized carbons (Fsp3) is 0.500. The van der Waals surface area contributed by atoms with Crippen molar-refractivity contribution in [2.45, 2.75) is 32.3 Å². The highest BCUT2D eigenvalue weighted by molar-refractivity contribution is 5.96. The van der Waals surface area contributed by atoms with Gasteiger partial charge in [-0.1, -0.05) is 0 Å². The fourth-order valence-corrected chi connectivity index (χ4v) is 1.84. The third kappa shape index (κ3) is 2.63. The van der Waals surface area contributed by atoms with Gasteiger partial charge in [-0.25, -0.2) is 0 Å². The van der Waals surface area contributed by atoms with Crippen molar-refractivity contribution in [1.82, 2.24) is 4.98 Å². The number of carbonyl (C=O) groups is 1. The summed E-state index contributed by atoms with van der Waals surface area (Å²) in [7, 11) is 0. The van der Waals surface area contributed by atoms with Crippen molar-refractivity contribution in [3.63, 3.8) is 0 Å². The van der Waals surface area contributed by atoms with Crippen molar-refractivity contribution in [3.8, 4) is 0 Å². The van der Waals surface area contributed by atoms with Gasteiger partial charge in [0.2, 0.25) is 0 Å². The number of ketones is 1. The number of hydrogen-bond donors (Lipinski definition) is 0. The number of ether oxygens (including phenoxy) is 1. The number of Topliss-reactive ketones (excluding diaryl/α,β-unsaturated/α-hetero) is 1. The third-order valence-electron chi connectivity index (χ3n) is 2.63. The summed E-state index contributed by atoms with van der Waals surface area (Å²) in [5.41, 5.74) is 1.72. The van der Waals surface area contributed by atoms with E-state index in [-0.39, 0.29) is 11.9 Å². The van der Waals surface area contributed by atoms with E-state index in [1.165, 1.54) is 0 Å². The maximum atomic E-state index is 11.8. The molecule has 0 spiro atoms. The van der Waals surface area contributed by atoms with Crippen LogP contribution in [-0.4, -0.2) is 23.5 Å². The quantitative estimate of drug-likeness (QED) is 0.710. The van der Waals surface area contributed by atoms with Gasteiger partial charge in [-0.05, 0) is 31.4 Å². The Hall–Kier alpha value is -1.22. The monoisotopic (exact) mass is 205 g/mol. The molecule has 1 aliphatic rings. The Balaban J connectivity index is 2.01. The first-order valence-electron chi connectivity index (χ1n) is 5.32. The van der Waals surface area contributed by atoms with E-state index < -0.39 is 0 Å². The first kappa shape index (κ1) is 10.3. The summed E-state index contributed by atoms with van der Waals surface area (Å²) in [5.74, 6) is 0.137. The molecule has 0 amide bonds. The second kappa shape index (κ2) is 4.53. The van der Waals surface area contributed by atoms with Crippen molar-refractivity contribution in [2.75, 3.05) is 6.61 Å². The molecule has 80 valence electrons. The van der Waals surface area contributed by atoms with Crippen LogP contribution in [0.3, 0.4) is 0 Å². The van der Waals surface area contributed by atoms with Gasteiger partial charge in [0.15, 0.2) is 5.78 Å². The van der Waals surface area contributed by atoms with Crippen LogP contribution < -0.4 is 0 Å². The molecule has 1 unspecified atom stereocenters. The highest BCUT2D eigenvalue weighted by Crippen LogP contribution is 2.17. The maximum Gasteiger partial charge on any atom is 0.167 e. The van der Waals surface area contributed by atoms with Gasteiger partial charge in [-0.3, -0.25) is 9.78 Å². The Morgan fingerprint density at radius 2 is 2.47 bits per heavy atom. The Labute approximate surface area is 89.5 Å². The summed E-state index contributed by atoms with van der Waals surface area (Å²) < 4.78 is 5.43. The molecule has 1 aromatic heterocycles. The topological polar surface area (TPSA) is 39.2 Å². The summed E-state index contributed by atoms with van der Waals surface area (Å²) in [6, 6.07) is 1.88. The lowest BCUT2D eigenvalue weighted by atomic mass is 10.0. The van der Waals surface area contributed by atoms with Crippen molar-refractivity contribution >= 4 is 5.78 Å². The van der Waals surface area contributed by atoms with Crippen molar-refractivity contribution in [1.29, 1.82) is 0 Å². The highest BCUT2D eigenvalue weighted by atomic mass is 16.5. The second-order valence-electron chi connectivity index (χ2n) is 4.01. The van der Waals surface area contributed by atoms with Crippen LogP contribution >= 0.6 is 0 Å². The molecule has 2 rings (SSSR count). The number of carbonyl (C=O) groups excluding carboxylic acids is 1. The van der Waals surface area contributed by atoms with Crippen LogP contribution in [0.25, 0.3) is 0 Å². The lowest BCUT2D eigenvalue weighted by molar-refractivity contribution is 0.0775. The van der Waals surface area contributed by atoms with Crippen LogP contribution in [0.4, 0.5) is 0 Å². The van der Waals surface area contributed by atoms with E-state index in [4.69, 9.17) is 4.74 Å². The molecule has 3 heteroatoms. The summed E-state index contributed by atoms with van der Waals surface area (Å²) in [5, 5.41) is 0. The smallest absolute Gasteiger partial charge is 0.167 e. The average Bonchev–Trinajstić information content (AvgIpc) is 2.70. The Morgan fingerprint density at radius 1 is 1.60 bits per heavy atom. The molecule has 0 N–H and O–H groups in total. The van der Waals surface area contributed by atoms with Gasteiger partial charge in [-0.15, -0.1) is 0 Å². The van der Waals surface area contributed by atoms with E-state index >= 15 is 0 Å². The molecule has 15 heavy (non-hydrogen) atoms. The number of pyridine rings is 1. The minimum absolute atomic E-state index is 0.123. The van der Waals surface area contributed by atoms with Gasteiger partial charge < -0.3 is 4.74 Å². The Kier molecular flexibility index (Phi) is 3.11. The van der Waals surface area contributed by atoms with E-state index in [9.17, 15) is 4.79 Å². The molecule has 1 saturated heterocycles. The Bertz CT molecular complexity index is 356. The van der Waals surface area contributed by atoms with Crippen LogP contribution in [0.5, 0.6) is 0 Å². The maximum absolute atomic E-state index is 11.8. The molecule has 0 radical (unpaired) electrons. The number of nitrogens with zero attached hydrogens (tertiary/aromatic N) is 1. The highest BCUT2D eigenvalue weighted by Gasteiger charge is 2.19. The van der Waals surface area contributed by atoms with Crippen molar-refractivity contribution < 1.29 is 9.53 Å². The largest absolute Gasteiger partial charge is 0.378 e. The average molecular weight is 205 g/mol. The van der Waals surface area contributed by atoms with Crippen LogP contribution in [0.15, 0.2) is 18.5 Å². The summed E-state index contributed by atoms with van der Waals surface area (Å²) >= 11 is 0. The molecular formula is C12H15NO2. The number of hydrogen-bond acceptors (Lipinski definition) is 3. The molecule has 1 fully saturated rings. The van der Waals surface area contributed by atoms with Gasteiger partial charge in [-0.2, -0.15) is 0 Å². The van der Waals surface area contributed by atoms with Crippen LogP contribution in [-0.2, 0) is 4.74 Å². The van der Waals surface area contributed by atoms with E-state index in [0.717, 1.165) is 25.0 Å². The molecule has 3 nitrogen and oxygen atoms in total. The van der Waals surface area contributed by atoms with Gasteiger partial charge in [0.25, 0.3) is 0 Å². The minimum atomic E-state index is 0.123. The fourth-order valence-electron chi connectivity index (χ4n) is 1.84. The molecule has 1 aliphatic heterocycles. The number of rotatable bonds is 3. The lowest BCUT2D eigenvalue weighted by Gasteiger charge is -2.07. The second-order valence-corrected chi connectivity index (χ2v) is 4.01. The summed E-state index contributed by atoms with van der Waals surface area (Å²) in [6.45, 7) is 2.74. The number of aromatic nitrogens is 1. The minimum Gasteiger partial charge on any atom is -0.378 e. The predicted octanol–water partition coefficient (Wildman–Crippen LogP) is 2.14. The first-order valence-corrected chi connectivity index (χ1v) is 5.32. The molecule has 0 aromatic carbocycles. The van der Waals surface area contributed by atoms with Crippen LogP contribution in [0.1, 0.15) is 35.2 Å². The molecule has 0 aliphatic carbocycles. The zero-order valence-corrected chi connectivity index (χ0v) is 8.90. The standard InChI is InChI=1S/C12H15NO2/c1-9-5-10(8-13-7-9)12(14)6-11-3-2-4-15-11/h5,7-8,11H,2-4,6H2,1H3. The SMILES string of the molecule is Cc1cncc(C(=O)CC2CCCO2)c1. The van der Waals surface area contributed by atoms with Crippen molar-refractivity contribution in [3.05, 3.63) is 29.6 Å². The normalized spacial score (nSPS) is 20.5. The van der Waals surface area contributed by atoms with Gasteiger partial charge >= 0.3 is 0 Å². The molecular weight excluding hydrogens is 190 g/mol. The van der Waals surface area contributed by atoms with Crippen LogP contribution in [0.2, 0.25) is 0 Å². The number of aryl methyl sites for hydroxylation is 1. The van der Waals surface area contributed by atoms with Gasteiger partial charge in [0, 0.05) is 31.0 Å². The van der Waals surface area contributed by atoms with Crippen molar-refractivity contribution in [2.24, 2.45) is 0 Å². The van der Waals surface area contributed by atoms with E-state index in [2.05, 4.69) is 4.98 Å². The molecule has 1 atom stereocenters.